The van der Waals surface area contributed by atoms with Gasteiger partial charge in [-0.25, -0.2) is 9.40 Å². The smallest absolute Gasteiger partial charge is 0.273 e. The van der Waals surface area contributed by atoms with Gasteiger partial charge < -0.3 is 15.4 Å². The van der Waals surface area contributed by atoms with Gasteiger partial charge in [0, 0.05) is 24.5 Å². The molecule has 1 unspecified atom stereocenters. The number of nitrogens with zero attached hydrogens (tertiary/aromatic N) is 4. The average Bonchev–Trinajstić information content (AvgIpc) is 3.42. The minimum atomic E-state index is -1.71. The maximum atomic E-state index is 13.4. The molecular formula is C29H34N7O4S+. The maximum Gasteiger partial charge on any atom is 0.273 e. The van der Waals surface area contributed by atoms with E-state index in [1.807, 2.05) is 52.0 Å². The summed E-state index contributed by atoms with van der Waals surface area (Å²) in [6.07, 6.45) is 6.39. The van der Waals surface area contributed by atoms with Gasteiger partial charge in [0.2, 0.25) is 0 Å². The molecule has 1 atom stereocenters. The molecule has 0 aliphatic heterocycles. The van der Waals surface area contributed by atoms with Crippen molar-refractivity contribution in [1.29, 1.82) is 0 Å². The van der Waals surface area contributed by atoms with Crippen LogP contribution >= 0.6 is 0 Å². The lowest BCUT2D eigenvalue weighted by molar-refractivity contribution is 0.0945. The van der Waals surface area contributed by atoms with E-state index in [-0.39, 0.29) is 22.9 Å². The van der Waals surface area contributed by atoms with Gasteiger partial charge in [-0.15, -0.1) is 5.10 Å². The number of thiol groups is 1. The van der Waals surface area contributed by atoms with Crippen molar-refractivity contribution in [3.63, 3.8) is 0 Å². The molecule has 0 aliphatic rings. The van der Waals surface area contributed by atoms with Crippen LogP contribution in [0.4, 0.5) is 11.4 Å². The molecule has 0 radical (unpaired) electrons. The highest BCUT2D eigenvalue weighted by atomic mass is 32.2. The number of pyridine rings is 1. The van der Waals surface area contributed by atoms with Crippen LogP contribution in [0, 0.1) is 6.92 Å². The molecule has 11 nitrogen and oxygen atoms in total. The monoisotopic (exact) mass is 576 g/mol. The number of nitrogens with one attached hydrogen (secondary N) is 3. The van der Waals surface area contributed by atoms with E-state index in [9.17, 15) is 13.8 Å². The Morgan fingerprint density at radius 3 is 2.39 bits per heavy atom. The lowest BCUT2D eigenvalue weighted by atomic mass is 9.86. The third kappa shape index (κ3) is 7.14. The quantitative estimate of drug-likeness (QED) is 0.201. The summed E-state index contributed by atoms with van der Waals surface area (Å²) in [5, 5.41) is 13.9. The zero-order chi connectivity index (χ0) is 29.7. The van der Waals surface area contributed by atoms with Gasteiger partial charge in [0.25, 0.3) is 11.8 Å². The van der Waals surface area contributed by atoms with Gasteiger partial charge in [0.15, 0.2) is 22.4 Å². The predicted molar refractivity (Wildman–Crippen MR) is 160 cm³/mol. The van der Waals surface area contributed by atoms with E-state index in [4.69, 9.17) is 4.74 Å². The van der Waals surface area contributed by atoms with E-state index in [0.717, 1.165) is 16.7 Å². The topological polar surface area (TPSA) is 140 Å². The molecular weight excluding hydrogens is 542 g/mol. The molecule has 0 aliphatic carbocycles. The second-order valence-corrected chi connectivity index (χ2v) is 11.7. The third-order valence-corrected chi connectivity index (χ3v) is 6.89. The van der Waals surface area contributed by atoms with Gasteiger partial charge in [-0.05, 0) is 65.4 Å². The number of aryl methyl sites for hydroxylation is 1. The second-order valence-electron chi connectivity index (χ2n) is 10.5. The number of aromatic nitrogens is 4. The first-order valence-electron chi connectivity index (χ1n) is 12.9. The SMILES string of the molecule is COc1c(NC(=O)c2ccc(C)c(-n3cc(C(=O)NCc4ccncc4)nn3)c2)cc(C(C)(C)C)cc1N[SH+](C)=O. The number of amides is 2. The summed E-state index contributed by atoms with van der Waals surface area (Å²) in [5.41, 5.74) is 4.51. The Kier molecular flexibility index (Phi) is 8.82. The van der Waals surface area contributed by atoms with Crippen molar-refractivity contribution < 1.29 is 18.5 Å². The molecule has 0 saturated heterocycles. The Labute approximate surface area is 241 Å². The lowest BCUT2D eigenvalue weighted by Gasteiger charge is -2.23. The molecule has 2 aromatic carbocycles. The van der Waals surface area contributed by atoms with Crippen molar-refractivity contribution in [3.05, 3.63) is 89.0 Å². The van der Waals surface area contributed by atoms with Crippen molar-refractivity contribution in [1.82, 2.24) is 25.3 Å². The number of anilines is 2. The van der Waals surface area contributed by atoms with Crippen LogP contribution in [0.15, 0.2) is 61.1 Å². The first-order chi connectivity index (χ1) is 19.5. The summed E-state index contributed by atoms with van der Waals surface area (Å²) in [6, 6.07) is 12.5. The normalized spacial score (nSPS) is 12.0. The van der Waals surface area contributed by atoms with E-state index in [1.54, 1.807) is 36.8 Å². The van der Waals surface area contributed by atoms with Crippen molar-refractivity contribution in [3.8, 4) is 11.4 Å². The van der Waals surface area contributed by atoms with Gasteiger partial charge in [-0.2, -0.15) is 0 Å². The Morgan fingerprint density at radius 1 is 1.02 bits per heavy atom. The predicted octanol–water partition coefficient (Wildman–Crippen LogP) is 4.11. The number of rotatable bonds is 9. The highest BCUT2D eigenvalue weighted by Gasteiger charge is 2.23. The van der Waals surface area contributed by atoms with Crippen LogP contribution in [0.25, 0.3) is 5.69 Å². The van der Waals surface area contributed by atoms with E-state index >= 15 is 0 Å². The molecule has 2 aromatic heterocycles. The average molecular weight is 577 g/mol. The summed E-state index contributed by atoms with van der Waals surface area (Å²) in [5.74, 6) is -0.371. The van der Waals surface area contributed by atoms with E-state index in [0.29, 0.717) is 34.9 Å². The van der Waals surface area contributed by atoms with Crippen LogP contribution in [0.5, 0.6) is 5.75 Å². The number of carbonyl (C=O) groups is 2. The minimum Gasteiger partial charge on any atom is -0.492 e. The Hall–Kier alpha value is -4.58. The Morgan fingerprint density at radius 2 is 1.73 bits per heavy atom. The minimum absolute atomic E-state index is 0.145. The van der Waals surface area contributed by atoms with E-state index in [1.165, 1.54) is 18.0 Å². The van der Waals surface area contributed by atoms with Gasteiger partial charge >= 0.3 is 0 Å². The molecule has 12 heteroatoms. The molecule has 0 bridgehead atoms. The standard InChI is InChI=1S/C29H33N7O4S/c1-18-7-8-20(13-25(18)36-17-24(33-35-36)28(38)31-16-19-9-11-30-12-10-19)27(37)32-22-14-21(29(2,3)4)15-23(26(22)40-5)34-41(6)39/h7-15,17H,16H2,1-6H3,(H,31,38)(H,32,37)(H,34,39)/p+1. The largest absolute Gasteiger partial charge is 0.492 e. The fourth-order valence-corrected chi connectivity index (χ4v) is 4.58. The highest BCUT2D eigenvalue weighted by molar-refractivity contribution is 7.85. The number of benzene rings is 2. The summed E-state index contributed by atoms with van der Waals surface area (Å²) >= 11 is 0. The van der Waals surface area contributed by atoms with Crippen molar-refractivity contribution >= 4 is 34.2 Å². The molecule has 0 saturated carbocycles. The van der Waals surface area contributed by atoms with Gasteiger partial charge in [-0.3, -0.25) is 14.6 Å². The molecule has 4 rings (SSSR count). The Balaban J connectivity index is 1.59. The zero-order valence-electron chi connectivity index (χ0n) is 23.8. The number of hydrogen-bond donors (Lipinski definition) is 3. The molecule has 0 spiro atoms. The maximum absolute atomic E-state index is 13.4. The molecule has 3 N–H and O–H groups in total. The van der Waals surface area contributed by atoms with Crippen LogP contribution in [0.1, 0.15) is 58.3 Å². The summed E-state index contributed by atoms with van der Waals surface area (Å²) < 4.78 is 22.0. The summed E-state index contributed by atoms with van der Waals surface area (Å²) in [7, 11) is -0.219. The highest BCUT2D eigenvalue weighted by Crippen LogP contribution is 2.39. The van der Waals surface area contributed by atoms with Gasteiger partial charge in [0.05, 0.1) is 24.7 Å². The number of methoxy groups -OCH3 is 1. The van der Waals surface area contributed by atoms with Crippen LogP contribution in [-0.4, -0.2) is 45.2 Å². The Bertz CT molecular complexity index is 1600. The first-order valence-corrected chi connectivity index (χ1v) is 14.6. The van der Waals surface area contributed by atoms with Crippen LogP contribution in [0.3, 0.4) is 0 Å². The summed E-state index contributed by atoms with van der Waals surface area (Å²) in [4.78, 5) is 30.1. The van der Waals surface area contributed by atoms with E-state index in [2.05, 4.69) is 30.7 Å². The fraction of sp³-hybridized carbons (Fsp3) is 0.276. The summed E-state index contributed by atoms with van der Waals surface area (Å²) in [6.45, 7) is 8.35. The first kappa shape index (κ1) is 29.4. The van der Waals surface area contributed by atoms with E-state index < -0.39 is 11.0 Å². The number of ether oxygens (including phenoxy) is 1. The molecule has 214 valence electrons. The number of carbonyl (C=O) groups excluding carboxylic acids is 2. The third-order valence-electron chi connectivity index (χ3n) is 6.33. The van der Waals surface area contributed by atoms with Crippen molar-refractivity contribution in [2.24, 2.45) is 0 Å². The molecule has 2 amide bonds. The zero-order valence-corrected chi connectivity index (χ0v) is 24.7. The lowest BCUT2D eigenvalue weighted by Crippen LogP contribution is -2.23. The number of hydrogen-bond acceptors (Lipinski definition) is 7. The van der Waals surface area contributed by atoms with Gasteiger partial charge in [-0.1, -0.05) is 36.3 Å². The molecule has 2 heterocycles. The van der Waals surface area contributed by atoms with Crippen molar-refractivity contribution in [2.75, 3.05) is 23.4 Å². The van der Waals surface area contributed by atoms with Gasteiger partial charge in [0.1, 0.15) is 11.9 Å². The van der Waals surface area contributed by atoms with Crippen LogP contribution in [0.2, 0.25) is 0 Å². The van der Waals surface area contributed by atoms with Crippen LogP contribution < -0.4 is 20.1 Å². The van der Waals surface area contributed by atoms with Crippen LogP contribution in [-0.2, 0) is 27.2 Å². The molecule has 4 aromatic rings. The van der Waals surface area contributed by atoms with Crippen molar-refractivity contribution in [2.45, 2.75) is 39.7 Å². The fourth-order valence-electron chi connectivity index (χ4n) is 4.08. The second kappa shape index (κ2) is 12.3. The molecule has 0 fully saturated rings. The molecule has 41 heavy (non-hydrogen) atoms.